The van der Waals surface area contributed by atoms with Crippen molar-refractivity contribution < 1.29 is 23.1 Å². The Hall–Kier alpha value is -1.55. The Bertz CT molecular complexity index is 274. The van der Waals surface area contributed by atoms with Crippen molar-refractivity contribution in [3.8, 4) is 0 Å². The number of isocyanates is 1. The topological polar surface area (TPSA) is 55.7 Å². The van der Waals surface area contributed by atoms with Gasteiger partial charge in [0.15, 0.2) is 5.70 Å². The summed E-state index contributed by atoms with van der Waals surface area (Å²) in [5, 5.41) is 0. The van der Waals surface area contributed by atoms with Crippen LogP contribution in [0.15, 0.2) is 16.8 Å². The first-order valence-electron chi connectivity index (χ1n) is 3.17. The van der Waals surface area contributed by atoms with Gasteiger partial charge in [-0.2, -0.15) is 4.99 Å². The lowest BCUT2D eigenvalue weighted by Crippen LogP contribution is -2.11. The molecule has 0 rings (SSSR count). The summed E-state index contributed by atoms with van der Waals surface area (Å²) in [5.74, 6) is -4.34. The second kappa shape index (κ2) is 4.47. The van der Waals surface area contributed by atoms with Crippen LogP contribution < -0.4 is 0 Å². The molecule has 0 heterocycles. The van der Waals surface area contributed by atoms with Crippen molar-refractivity contribution in [1.29, 1.82) is 0 Å². The van der Waals surface area contributed by atoms with Crippen molar-refractivity contribution in [2.24, 2.45) is 4.99 Å². The van der Waals surface area contributed by atoms with Crippen LogP contribution in [0.5, 0.6) is 0 Å². The number of nitrogens with zero attached hydrogens (tertiary/aromatic N) is 1. The Kier molecular flexibility index (Phi) is 3.94. The number of aliphatic imine (C=N–C) groups is 1. The molecule has 4 nitrogen and oxygen atoms in total. The van der Waals surface area contributed by atoms with E-state index in [0.717, 1.165) is 13.2 Å². The highest BCUT2D eigenvalue weighted by atomic mass is 19.3. The number of allylic oxidation sites excluding steroid dienone is 1. The van der Waals surface area contributed by atoms with Crippen LogP contribution in [-0.2, 0) is 14.3 Å². The number of alkyl halides is 2. The van der Waals surface area contributed by atoms with Crippen molar-refractivity contribution >= 4 is 12.0 Å². The summed E-state index contributed by atoms with van der Waals surface area (Å²) >= 11 is 0. The molecule has 0 saturated heterocycles. The van der Waals surface area contributed by atoms with Gasteiger partial charge in [0.05, 0.1) is 7.11 Å². The third kappa shape index (κ3) is 4.81. The van der Waals surface area contributed by atoms with Gasteiger partial charge in [0.1, 0.15) is 0 Å². The summed E-state index contributed by atoms with van der Waals surface area (Å²) in [4.78, 5) is 23.2. The number of hydrogen-bond acceptors (Lipinski definition) is 4. The molecule has 0 aromatic carbocycles. The van der Waals surface area contributed by atoms with E-state index in [0.29, 0.717) is 6.92 Å². The van der Waals surface area contributed by atoms with E-state index in [1.807, 2.05) is 0 Å². The highest BCUT2D eigenvalue weighted by Gasteiger charge is 2.22. The van der Waals surface area contributed by atoms with E-state index in [-0.39, 0.29) is 6.08 Å². The second-order valence-corrected chi connectivity index (χ2v) is 2.18. The molecular weight excluding hydrogens is 184 g/mol. The molecular formula is C7H7F2NO3. The fourth-order valence-corrected chi connectivity index (χ4v) is 0.531. The molecule has 0 amide bonds. The number of rotatable bonds is 3. The average molecular weight is 191 g/mol. The van der Waals surface area contributed by atoms with Crippen LogP contribution in [-0.4, -0.2) is 25.1 Å². The zero-order valence-electron chi connectivity index (χ0n) is 7.01. The van der Waals surface area contributed by atoms with Gasteiger partial charge in [-0.25, -0.2) is 18.4 Å². The van der Waals surface area contributed by atoms with Gasteiger partial charge in [-0.1, -0.05) is 0 Å². The number of ether oxygens (including phenoxy) is 1. The van der Waals surface area contributed by atoms with E-state index in [9.17, 15) is 18.4 Å². The highest BCUT2D eigenvalue weighted by Crippen LogP contribution is 2.16. The van der Waals surface area contributed by atoms with E-state index in [2.05, 4.69) is 9.73 Å². The van der Waals surface area contributed by atoms with Gasteiger partial charge < -0.3 is 4.74 Å². The lowest BCUT2D eigenvalue weighted by atomic mass is 10.3. The van der Waals surface area contributed by atoms with E-state index in [4.69, 9.17) is 0 Å². The van der Waals surface area contributed by atoms with E-state index in [1.165, 1.54) is 0 Å². The molecule has 0 fully saturated rings. The van der Waals surface area contributed by atoms with Gasteiger partial charge in [0.2, 0.25) is 6.08 Å². The minimum absolute atomic E-state index is 0.226. The third-order valence-electron chi connectivity index (χ3n) is 0.951. The van der Waals surface area contributed by atoms with Crippen molar-refractivity contribution in [2.75, 3.05) is 7.11 Å². The van der Waals surface area contributed by atoms with E-state index < -0.39 is 17.6 Å². The largest absolute Gasteiger partial charge is 0.464 e. The maximum Gasteiger partial charge on any atom is 0.357 e. The van der Waals surface area contributed by atoms with Crippen LogP contribution in [0.2, 0.25) is 0 Å². The third-order valence-corrected chi connectivity index (χ3v) is 0.951. The Labute approximate surface area is 72.9 Å². The molecule has 72 valence electrons. The van der Waals surface area contributed by atoms with Gasteiger partial charge >= 0.3 is 5.97 Å². The Morgan fingerprint density at radius 2 is 2.15 bits per heavy atom. The summed E-state index contributed by atoms with van der Waals surface area (Å²) in [6.07, 6.45) is 1.20. The van der Waals surface area contributed by atoms with Crippen LogP contribution in [0.1, 0.15) is 6.92 Å². The molecule has 0 aromatic heterocycles. The number of hydrogen-bond donors (Lipinski definition) is 0. The molecule has 0 aliphatic heterocycles. The van der Waals surface area contributed by atoms with Crippen LogP contribution >= 0.6 is 0 Å². The minimum Gasteiger partial charge on any atom is -0.464 e. The quantitative estimate of drug-likeness (QED) is 0.290. The molecule has 0 bridgehead atoms. The van der Waals surface area contributed by atoms with E-state index in [1.54, 1.807) is 0 Å². The molecule has 0 aromatic rings. The molecule has 6 heteroatoms. The molecule has 0 N–H and O–H groups in total. The number of esters is 1. The zero-order chi connectivity index (χ0) is 10.5. The molecule has 0 unspecified atom stereocenters. The molecule has 13 heavy (non-hydrogen) atoms. The van der Waals surface area contributed by atoms with Crippen molar-refractivity contribution in [1.82, 2.24) is 0 Å². The molecule has 0 spiro atoms. The van der Waals surface area contributed by atoms with Crippen LogP contribution in [0, 0.1) is 0 Å². The molecule has 0 aliphatic carbocycles. The fraction of sp³-hybridized carbons (Fsp3) is 0.429. The monoisotopic (exact) mass is 191 g/mol. The average Bonchev–Trinajstić information content (AvgIpc) is 2.00. The van der Waals surface area contributed by atoms with Crippen LogP contribution in [0.25, 0.3) is 0 Å². The standard InChI is InChI=1S/C7H7F2NO3/c1-7(8,9)3-5(10-4-11)6(12)13-2/h3H,1-2H3/b5-3+. The number of carbonyl (C=O) groups excluding carboxylic acids is 2. The first-order chi connectivity index (χ1) is 5.90. The summed E-state index contributed by atoms with van der Waals surface area (Å²) in [6, 6.07) is 0. The predicted octanol–water partition coefficient (Wildman–Crippen LogP) is 1.03. The van der Waals surface area contributed by atoms with Crippen LogP contribution in [0.3, 0.4) is 0 Å². The number of halogens is 2. The number of carbonyl (C=O) groups is 1. The first kappa shape index (κ1) is 11.4. The van der Waals surface area contributed by atoms with Gasteiger partial charge in [-0.15, -0.1) is 0 Å². The molecule has 0 radical (unpaired) electrons. The molecule has 0 saturated carbocycles. The number of methoxy groups -OCH3 is 1. The van der Waals surface area contributed by atoms with Gasteiger partial charge in [0, 0.05) is 13.0 Å². The van der Waals surface area contributed by atoms with Gasteiger partial charge in [-0.3, -0.25) is 0 Å². The van der Waals surface area contributed by atoms with Crippen molar-refractivity contribution in [3.63, 3.8) is 0 Å². The molecule has 0 atom stereocenters. The van der Waals surface area contributed by atoms with Crippen molar-refractivity contribution in [2.45, 2.75) is 12.8 Å². The van der Waals surface area contributed by atoms with Gasteiger partial charge in [-0.05, 0) is 0 Å². The lowest BCUT2D eigenvalue weighted by Gasteiger charge is -2.03. The Morgan fingerprint density at radius 3 is 2.46 bits per heavy atom. The maximum absolute atomic E-state index is 12.3. The SMILES string of the molecule is COC(=O)/C(=C\C(C)(F)F)N=C=O. The van der Waals surface area contributed by atoms with Crippen LogP contribution in [0.4, 0.5) is 8.78 Å². The smallest absolute Gasteiger partial charge is 0.357 e. The van der Waals surface area contributed by atoms with E-state index >= 15 is 0 Å². The highest BCUT2D eigenvalue weighted by molar-refractivity contribution is 5.89. The zero-order valence-corrected chi connectivity index (χ0v) is 7.01. The first-order valence-corrected chi connectivity index (χ1v) is 3.17. The summed E-state index contributed by atoms with van der Waals surface area (Å²) in [5.41, 5.74) is -0.759. The lowest BCUT2D eigenvalue weighted by molar-refractivity contribution is -0.136. The Balaban J connectivity index is 4.92. The maximum atomic E-state index is 12.3. The summed E-state index contributed by atoms with van der Waals surface area (Å²) in [6.45, 7) is 0.552. The molecule has 0 aliphatic rings. The van der Waals surface area contributed by atoms with Crippen molar-refractivity contribution in [3.05, 3.63) is 11.8 Å². The Morgan fingerprint density at radius 1 is 1.62 bits per heavy atom. The fourth-order valence-electron chi connectivity index (χ4n) is 0.531. The minimum atomic E-state index is -3.23. The summed E-state index contributed by atoms with van der Waals surface area (Å²) < 4.78 is 28.7. The second-order valence-electron chi connectivity index (χ2n) is 2.18. The van der Waals surface area contributed by atoms with Gasteiger partial charge in [0.25, 0.3) is 5.92 Å². The predicted molar refractivity (Wildman–Crippen MR) is 38.8 cm³/mol. The normalized spacial score (nSPS) is 11.8. The summed E-state index contributed by atoms with van der Waals surface area (Å²) in [7, 11) is 0.990.